The highest BCUT2D eigenvalue weighted by molar-refractivity contribution is 5.87. The fourth-order valence-corrected chi connectivity index (χ4v) is 2.12. The molecular weight excluding hydrogens is 310 g/mol. The molecule has 0 aromatic rings. The van der Waals surface area contributed by atoms with Crippen molar-refractivity contribution in [1.82, 2.24) is 10.2 Å². The molecule has 1 rings (SSSR count). The van der Waals surface area contributed by atoms with Crippen LogP contribution < -0.4 is 5.32 Å². The van der Waals surface area contributed by atoms with Crippen LogP contribution in [0.3, 0.4) is 0 Å². The zero-order valence-corrected chi connectivity index (χ0v) is 10.5. The predicted octanol–water partition coefficient (Wildman–Crippen LogP) is 1.00. The molecule has 1 aliphatic heterocycles. The Morgan fingerprint density at radius 3 is 2.10 bits per heavy atom. The molecule has 1 atom stereocenters. The van der Waals surface area contributed by atoms with Gasteiger partial charge in [-0.25, -0.2) is 0 Å². The summed E-state index contributed by atoms with van der Waals surface area (Å²) >= 11 is 0. The summed E-state index contributed by atoms with van der Waals surface area (Å²) in [4.78, 5) is 22.1. The van der Waals surface area contributed by atoms with E-state index in [1.165, 1.54) is 0 Å². The standard InChI is InChI=1S/C10H12F6N2O3/c11-9(12,13)5-18(3-6(19)20)7(21)8(10(14,15)16)1-2-17-4-8/h17H,1-5H2,(H,19,20). The number of carboxylic acids is 1. The van der Waals surface area contributed by atoms with E-state index in [4.69, 9.17) is 5.11 Å². The van der Waals surface area contributed by atoms with Gasteiger partial charge >= 0.3 is 18.3 Å². The Morgan fingerprint density at radius 1 is 1.19 bits per heavy atom. The van der Waals surface area contributed by atoms with Crippen LogP contribution in [-0.2, 0) is 9.59 Å². The van der Waals surface area contributed by atoms with Crippen LogP contribution in [0.25, 0.3) is 0 Å². The second kappa shape index (κ2) is 5.70. The highest BCUT2D eigenvalue weighted by Gasteiger charge is 2.63. The van der Waals surface area contributed by atoms with E-state index < -0.39 is 55.7 Å². The molecule has 5 nitrogen and oxygen atoms in total. The molecule has 0 saturated carbocycles. The minimum atomic E-state index is -5.07. The quantitative estimate of drug-likeness (QED) is 0.758. The van der Waals surface area contributed by atoms with Gasteiger partial charge < -0.3 is 15.3 Å². The van der Waals surface area contributed by atoms with Gasteiger partial charge in [0, 0.05) is 6.54 Å². The molecule has 0 aromatic heterocycles. The van der Waals surface area contributed by atoms with Crippen LogP contribution in [0.5, 0.6) is 0 Å². The molecule has 1 amide bonds. The monoisotopic (exact) mass is 322 g/mol. The van der Waals surface area contributed by atoms with E-state index in [-0.39, 0.29) is 11.4 Å². The molecule has 1 fully saturated rings. The molecule has 0 spiro atoms. The molecule has 21 heavy (non-hydrogen) atoms. The average molecular weight is 322 g/mol. The first-order chi connectivity index (χ1) is 9.39. The van der Waals surface area contributed by atoms with Crippen molar-refractivity contribution in [3.8, 4) is 0 Å². The number of aliphatic carboxylic acids is 1. The van der Waals surface area contributed by atoms with E-state index in [2.05, 4.69) is 5.32 Å². The molecule has 1 aliphatic rings. The summed E-state index contributed by atoms with van der Waals surface area (Å²) in [5.74, 6) is -3.70. The largest absolute Gasteiger partial charge is 0.480 e. The van der Waals surface area contributed by atoms with E-state index in [9.17, 15) is 35.9 Å². The summed E-state index contributed by atoms with van der Waals surface area (Å²) in [5, 5.41) is 10.8. The topological polar surface area (TPSA) is 69.6 Å². The van der Waals surface area contributed by atoms with Gasteiger partial charge in [-0.05, 0) is 13.0 Å². The van der Waals surface area contributed by atoms with Crippen LogP contribution >= 0.6 is 0 Å². The highest BCUT2D eigenvalue weighted by atomic mass is 19.4. The van der Waals surface area contributed by atoms with Crippen LogP contribution in [0, 0.1) is 5.41 Å². The maximum Gasteiger partial charge on any atom is 0.406 e. The van der Waals surface area contributed by atoms with Crippen LogP contribution in [0.15, 0.2) is 0 Å². The SMILES string of the molecule is O=C(O)CN(CC(F)(F)F)C(=O)C1(C(F)(F)F)CCNC1. The zero-order valence-electron chi connectivity index (χ0n) is 10.5. The Kier molecular flexibility index (Phi) is 4.76. The van der Waals surface area contributed by atoms with Crippen molar-refractivity contribution in [2.75, 3.05) is 26.2 Å². The fourth-order valence-electron chi connectivity index (χ4n) is 2.12. The number of amides is 1. The minimum absolute atomic E-state index is 0.196. The molecule has 122 valence electrons. The third kappa shape index (κ3) is 3.99. The summed E-state index contributed by atoms with van der Waals surface area (Å²) < 4.78 is 76.3. The van der Waals surface area contributed by atoms with Crippen molar-refractivity contribution in [1.29, 1.82) is 0 Å². The molecule has 1 saturated heterocycles. The van der Waals surface area contributed by atoms with Crippen molar-refractivity contribution in [2.45, 2.75) is 18.8 Å². The Labute approximate surface area is 114 Å². The molecule has 11 heteroatoms. The summed E-state index contributed by atoms with van der Waals surface area (Å²) in [6.07, 6.45) is -10.8. The molecule has 1 unspecified atom stereocenters. The molecule has 2 N–H and O–H groups in total. The lowest BCUT2D eigenvalue weighted by Gasteiger charge is -2.34. The Hall–Kier alpha value is -1.52. The Balaban J connectivity index is 3.10. The van der Waals surface area contributed by atoms with Gasteiger partial charge in [0.15, 0.2) is 5.41 Å². The maximum absolute atomic E-state index is 13.1. The lowest BCUT2D eigenvalue weighted by molar-refractivity contribution is -0.226. The number of rotatable bonds is 4. The fraction of sp³-hybridized carbons (Fsp3) is 0.800. The number of hydrogen-bond donors (Lipinski definition) is 2. The van der Waals surface area contributed by atoms with Crippen molar-refractivity contribution in [2.24, 2.45) is 5.41 Å². The van der Waals surface area contributed by atoms with Gasteiger partial charge in [-0.2, -0.15) is 26.3 Å². The van der Waals surface area contributed by atoms with Crippen LogP contribution in [0.1, 0.15) is 6.42 Å². The summed E-state index contributed by atoms with van der Waals surface area (Å²) in [5.41, 5.74) is -3.02. The normalized spacial score (nSPS) is 23.1. The number of alkyl halides is 6. The summed E-state index contributed by atoms with van der Waals surface area (Å²) in [7, 11) is 0. The second-order valence-electron chi connectivity index (χ2n) is 4.68. The third-order valence-corrected chi connectivity index (χ3v) is 3.09. The first-order valence-corrected chi connectivity index (χ1v) is 5.74. The predicted molar refractivity (Wildman–Crippen MR) is 56.2 cm³/mol. The van der Waals surface area contributed by atoms with E-state index >= 15 is 0 Å². The minimum Gasteiger partial charge on any atom is -0.480 e. The van der Waals surface area contributed by atoms with Crippen LogP contribution in [0.2, 0.25) is 0 Å². The van der Waals surface area contributed by atoms with Crippen molar-refractivity contribution >= 4 is 11.9 Å². The zero-order chi connectivity index (χ0) is 16.5. The van der Waals surface area contributed by atoms with Crippen molar-refractivity contribution in [3.63, 3.8) is 0 Å². The number of carbonyl (C=O) groups excluding carboxylic acids is 1. The van der Waals surface area contributed by atoms with Crippen LogP contribution in [0.4, 0.5) is 26.3 Å². The first-order valence-electron chi connectivity index (χ1n) is 5.74. The van der Waals surface area contributed by atoms with E-state index in [0.717, 1.165) is 0 Å². The second-order valence-corrected chi connectivity index (χ2v) is 4.68. The number of nitrogens with one attached hydrogen (secondary N) is 1. The maximum atomic E-state index is 13.1. The van der Waals surface area contributed by atoms with Gasteiger partial charge in [-0.3, -0.25) is 9.59 Å². The number of carbonyl (C=O) groups is 2. The molecular formula is C10H12F6N2O3. The van der Waals surface area contributed by atoms with Crippen LogP contribution in [-0.4, -0.2) is 60.4 Å². The number of halogens is 6. The molecule has 0 aromatic carbocycles. The van der Waals surface area contributed by atoms with E-state index in [1.807, 2.05) is 0 Å². The summed E-state index contributed by atoms with van der Waals surface area (Å²) in [6.45, 7) is -4.56. The molecule has 0 bridgehead atoms. The lowest BCUT2D eigenvalue weighted by Crippen LogP contribution is -2.56. The van der Waals surface area contributed by atoms with Crippen molar-refractivity contribution in [3.05, 3.63) is 0 Å². The van der Waals surface area contributed by atoms with Crippen molar-refractivity contribution < 1.29 is 41.0 Å². The number of hydrogen-bond acceptors (Lipinski definition) is 3. The Bertz CT molecular complexity index is 414. The highest BCUT2D eigenvalue weighted by Crippen LogP contribution is 2.44. The van der Waals surface area contributed by atoms with Gasteiger partial charge in [0.05, 0.1) is 0 Å². The van der Waals surface area contributed by atoms with Gasteiger partial charge in [-0.1, -0.05) is 0 Å². The Morgan fingerprint density at radius 2 is 1.76 bits per heavy atom. The average Bonchev–Trinajstić information content (AvgIpc) is 2.73. The molecule has 0 aliphatic carbocycles. The smallest absolute Gasteiger partial charge is 0.406 e. The van der Waals surface area contributed by atoms with E-state index in [1.54, 1.807) is 0 Å². The van der Waals surface area contributed by atoms with Gasteiger partial charge in [-0.15, -0.1) is 0 Å². The van der Waals surface area contributed by atoms with E-state index in [0.29, 0.717) is 0 Å². The lowest BCUT2D eigenvalue weighted by atomic mass is 9.84. The molecule has 0 radical (unpaired) electrons. The number of carboxylic acid groups (broad SMARTS) is 1. The molecule has 1 heterocycles. The first kappa shape index (κ1) is 17.5. The van der Waals surface area contributed by atoms with Gasteiger partial charge in [0.25, 0.3) is 0 Å². The van der Waals surface area contributed by atoms with Gasteiger partial charge in [0.1, 0.15) is 13.1 Å². The number of nitrogens with zero attached hydrogens (tertiary/aromatic N) is 1. The van der Waals surface area contributed by atoms with Gasteiger partial charge in [0.2, 0.25) is 5.91 Å². The third-order valence-electron chi connectivity index (χ3n) is 3.09. The summed E-state index contributed by atoms with van der Waals surface area (Å²) in [6, 6.07) is 0.